The van der Waals surface area contributed by atoms with Crippen LogP contribution < -0.4 is 4.74 Å². The molecule has 0 N–H and O–H groups in total. The van der Waals surface area contributed by atoms with Crippen molar-refractivity contribution < 1.29 is 9.53 Å². The zero-order valence-corrected chi connectivity index (χ0v) is 12.1. The molecule has 0 aromatic heterocycles. The Morgan fingerprint density at radius 2 is 2.31 bits per heavy atom. The van der Waals surface area contributed by atoms with Crippen LogP contribution in [-0.2, 0) is 6.42 Å². The van der Waals surface area contributed by atoms with Gasteiger partial charge in [-0.2, -0.15) is 0 Å². The number of alkyl halides is 1. The minimum absolute atomic E-state index is 0.00328. The van der Waals surface area contributed by atoms with Crippen LogP contribution in [0, 0.1) is 0 Å². The molecule has 0 fully saturated rings. The van der Waals surface area contributed by atoms with Gasteiger partial charge < -0.3 is 4.74 Å². The molecular formula is C12H12ClIO2. The van der Waals surface area contributed by atoms with Gasteiger partial charge in [-0.05, 0) is 26.0 Å². The van der Waals surface area contributed by atoms with Crippen LogP contribution >= 0.6 is 34.2 Å². The van der Waals surface area contributed by atoms with Crippen LogP contribution in [0.1, 0.15) is 29.8 Å². The summed E-state index contributed by atoms with van der Waals surface area (Å²) in [5, 5.41) is 0.602. The molecule has 1 aromatic carbocycles. The number of rotatable bonds is 2. The van der Waals surface area contributed by atoms with Crippen LogP contribution in [0.5, 0.6) is 5.75 Å². The van der Waals surface area contributed by atoms with Crippen molar-refractivity contribution in [1.29, 1.82) is 0 Å². The van der Waals surface area contributed by atoms with E-state index in [9.17, 15) is 4.79 Å². The molecule has 2 nitrogen and oxygen atoms in total. The van der Waals surface area contributed by atoms with Crippen LogP contribution in [0.25, 0.3) is 0 Å². The van der Waals surface area contributed by atoms with Gasteiger partial charge in [0.25, 0.3) is 0 Å². The van der Waals surface area contributed by atoms with Gasteiger partial charge in [-0.3, -0.25) is 4.79 Å². The van der Waals surface area contributed by atoms with E-state index in [1.54, 1.807) is 6.07 Å². The van der Waals surface area contributed by atoms with Crippen molar-refractivity contribution in [3.8, 4) is 5.75 Å². The van der Waals surface area contributed by atoms with Crippen LogP contribution in [0.15, 0.2) is 12.1 Å². The Labute approximate surface area is 113 Å². The van der Waals surface area contributed by atoms with Crippen molar-refractivity contribution in [1.82, 2.24) is 0 Å². The summed E-state index contributed by atoms with van der Waals surface area (Å²) in [4.78, 5) is 11.5. The zero-order chi connectivity index (χ0) is 11.9. The Balaban J connectivity index is 2.52. The largest absolute Gasteiger partial charge is 0.485 e. The first kappa shape index (κ1) is 12.2. The normalized spacial score (nSPS) is 22.8. The molecule has 2 rings (SSSR count). The maximum atomic E-state index is 11.5. The highest BCUT2D eigenvalue weighted by Gasteiger charge is 2.36. The van der Waals surface area contributed by atoms with Gasteiger partial charge in [0.15, 0.2) is 5.78 Å². The van der Waals surface area contributed by atoms with Crippen LogP contribution in [0.2, 0.25) is 5.02 Å². The third-order valence-electron chi connectivity index (χ3n) is 2.71. The summed E-state index contributed by atoms with van der Waals surface area (Å²) in [6.07, 6.45) is 0.812. The monoisotopic (exact) mass is 350 g/mol. The molecule has 16 heavy (non-hydrogen) atoms. The Morgan fingerprint density at radius 1 is 1.62 bits per heavy atom. The van der Waals surface area contributed by atoms with Gasteiger partial charge in [0.05, 0.1) is 5.56 Å². The minimum atomic E-state index is -0.211. The van der Waals surface area contributed by atoms with Crippen molar-refractivity contribution in [2.75, 3.05) is 4.43 Å². The predicted molar refractivity (Wildman–Crippen MR) is 73.1 cm³/mol. The van der Waals surface area contributed by atoms with E-state index in [0.29, 0.717) is 10.6 Å². The van der Waals surface area contributed by atoms with Crippen LogP contribution in [-0.4, -0.2) is 15.8 Å². The standard InChI is InChI=1S/C12H12ClIO2/c1-7(15)10-4-9(13)3-8-5-12(2,6-14)16-11(8)10/h3-4H,5-6H2,1-2H3. The average Bonchev–Trinajstić information content (AvgIpc) is 2.54. The molecule has 0 spiro atoms. The molecule has 0 saturated heterocycles. The minimum Gasteiger partial charge on any atom is -0.485 e. The molecule has 0 radical (unpaired) electrons. The summed E-state index contributed by atoms with van der Waals surface area (Å²) in [7, 11) is 0. The van der Waals surface area contributed by atoms with Crippen molar-refractivity contribution in [3.63, 3.8) is 0 Å². The summed E-state index contributed by atoms with van der Waals surface area (Å²) >= 11 is 8.30. The molecule has 0 amide bonds. The number of carbonyl (C=O) groups is 1. The topological polar surface area (TPSA) is 26.3 Å². The molecular weight excluding hydrogens is 338 g/mol. The Morgan fingerprint density at radius 3 is 2.88 bits per heavy atom. The number of Topliss-reactive ketones (excluding diaryl/α,β-unsaturated/α-hetero) is 1. The number of ether oxygens (including phenoxy) is 1. The first-order chi connectivity index (χ1) is 7.45. The summed E-state index contributed by atoms with van der Waals surface area (Å²) < 4.78 is 6.79. The summed E-state index contributed by atoms with van der Waals surface area (Å²) in [6.45, 7) is 3.59. The van der Waals surface area contributed by atoms with Crippen molar-refractivity contribution in [3.05, 3.63) is 28.3 Å². The fourth-order valence-electron chi connectivity index (χ4n) is 1.92. The molecule has 0 bridgehead atoms. The lowest BCUT2D eigenvalue weighted by Gasteiger charge is -2.21. The molecule has 86 valence electrons. The average molecular weight is 351 g/mol. The SMILES string of the molecule is CC(=O)c1cc(Cl)cc2c1OC(C)(CI)C2. The lowest BCUT2D eigenvalue weighted by Crippen LogP contribution is -2.31. The predicted octanol–water partition coefficient (Wildman–Crippen LogP) is 3.67. The number of benzene rings is 1. The first-order valence-corrected chi connectivity index (χ1v) is 6.94. The van der Waals surface area contributed by atoms with Gasteiger partial charge in [-0.25, -0.2) is 0 Å². The van der Waals surface area contributed by atoms with Gasteiger partial charge in [-0.15, -0.1) is 0 Å². The number of hydrogen-bond acceptors (Lipinski definition) is 2. The molecule has 1 unspecified atom stereocenters. The lowest BCUT2D eigenvalue weighted by molar-refractivity contribution is 0.100. The van der Waals surface area contributed by atoms with E-state index in [0.717, 1.165) is 22.2 Å². The smallest absolute Gasteiger partial charge is 0.163 e. The third-order valence-corrected chi connectivity index (χ3v) is 4.54. The van der Waals surface area contributed by atoms with E-state index < -0.39 is 0 Å². The fourth-order valence-corrected chi connectivity index (χ4v) is 2.59. The van der Waals surface area contributed by atoms with Crippen molar-refractivity contribution in [2.24, 2.45) is 0 Å². The van der Waals surface area contributed by atoms with Crippen LogP contribution in [0.3, 0.4) is 0 Å². The zero-order valence-electron chi connectivity index (χ0n) is 9.14. The van der Waals surface area contributed by atoms with Crippen molar-refractivity contribution in [2.45, 2.75) is 25.9 Å². The van der Waals surface area contributed by atoms with Gasteiger partial charge in [-0.1, -0.05) is 34.2 Å². The number of ketones is 1. The van der Waals surface area contributed by atoms with E-state index >= 15 is 0 Å². The highest BCUT2D eigenvalue weighted by atomic mass is 127. The summed E-state index contributed by atoms with van der Waals surface area (Å²) in [6, 6.07) is 3.57. The molecule has 1 heterocycles. The van der Waals surface area contributed by atoms with E-state index in [1.165, 1.54) is 6.92 Å². The third kappa shape index (κ3) is 2.07. The number of carbonyl (C=O) groups excluding carboxylic acids is 1. The molecule has 0 saturated carbocycles. The van der Waals surface area contributed by atoms with Gasteiger partial charge >= 0.3 is 0 Å². The number of halogens is 2. The lowest BCUT2D eigenvalue weighted by atomic mass is 9.99. The molecule has 0 aliphatic carbocycles. The quantitative estimate of drug-likeness (QED) is 0.462. The van der Waals surface area contributed by atoms with E-state index in [-0.39, 0.29) is 11.4 Å². The van der Waals surface area contributed by atoms with Gasteiger partial charge in [0, 0.05) is 21.4 Å². The van der Waals surface area contributed by atoms with Gasteiger partial charge in [0.1, 0.15) is 11.4 Å². The second-order valence-corrected chi connectivity index (χ2v) is 5.56. The first-order valence-electron chi connectivity index (χ1n) is 5.03. The Kier molecular flexibility index (Phi) is 3.18. The van der Waals surface area contributed by atoms with E-state index in [1.807, 2.05) is 6.07 Å². The maximum Gasteiger partial charge on any atom is 0.163 e. The van der Waals surface area contributed by atoms with E-state index in [4.69, 9.17) is 16.3 Å². The molecule has 1 aliphatic heterocycles. The molecule has 4 heteroatoms. The fraction of sp³-hybridized carbons (Fsp3) is 0.417. The molecule has 1 aromatic rings. The molecule has 1 atom stereocenters. The second kappa shape index (κ2) is 4.18. The number of fused-ring (bicyclic) bond motifs is 1. The summed E-state index contributed by atoms with van der Waals surface area (Å²) in [5.74, 6) is 0.715. The van der Waals surface area contributed by atoms with E-state index in [2.05, 4.69) is 29.5 Å². The number of hydrogen-bond donors (Lipinski definition) is 0. The molecule has 1 aliphatic rings. The Bertz CT molecular complexity index is 459. The maximum absolute atomic E-state index is 11.5. The van der Waals surface area contributed by atoms with Crippen LogP contribution in [0.4, 0.5) is 0 Å². The Hall–Kier alpha value is -0.290. The summed E-state index contributed by atoms with van der Waals surface area (Å²) in [5.41, 5.74) is 1.42. The highest BCUT2D eigenvalue weighted by Crippen LogP contribution is 2.40. The van der Waals surface area contributed by atoms with Gasteiger partial charge in [0.2, 0.25) is 0 Å². The highest BCUT2D eigenvalue weighted by molar-refractivity contribution is 14.1. The second-order valence-electron chi connectivity index (χ2n) is 4.36. The van der Waals surface area contributed by atoms with Crippen molar-refractivity contribution >= 4 is 40.0 Å².